The van der Waals surface area contributed by atoms with Gasteiger partial charge in [-0.05, 0) is 12.1 Å². The number of hydrogen-bond donors (Lipinski definition) is 0. The minimum absolute atomic E-state index is 0. The van der Waals surface area contributed by atoms with Gasteiger partial charge >= 0.3 is 5.69 Å². The summed E-state index contributed by atoms with van der Waals surface area (Å²) < 4.78 is 10.2. The Morgan fingerprint density at radius 1 is 1.08 bits per heavy atom. The Bertz CT molecular complexity index is 802. The van der Waals surface area contributed by atoms with Crippen LogP contribution in [0.15, 0.2) is 46.6 Å². The second kappa shape index (κ2) is 8.40. The van der Waals surface area contributed by atoms with E-state index in [2.05, 4.69) is 15.2 Å². The van der Waals surface area contributed by atoms with Crippen LogP contribution in [0.5, 0.6) is 11.5 Å². The number of halogens is 1. The van der Waals surface area contributed by atoms with Gasteiger partial charge in [-0.25, -0.2) is 0 Å². The molecule has 0 aliphatic rings. The van der Waals surface area contributed by atoms with Crippen LogP contribution in [0, 0.1) is 15.5 Å². The maximum Gasteiger partial charge on any atom is 0.430 e. The van der Waals surface area contributed by atoms with Crippen molar-refractivity contribution >= 4 is 22.7 Å². The van der Waals surface area contributed by atoms with E-state index in [1.807, 2.05) is 0 Å². The van der Waals surface area contributed by atoms with Crippen LogP contribution < -0.4 is 21.9 Å². The smallest absolute Gasteiger partial charge is 0.430 e. The molecule has 0 heterocycles. The van der Waals surface area contributed by atoms with Gasteiger partial charge in [0, 0.05) is 18.2 Å². The molecule has 9 nitrogen and oxygen atoms in total. The Hall–Kier alpha value is -3.25. The molecule has 0 N–H and O–H groups in total. The van der Waals surface area contributed by atoms with Gasteiger partial charge in [0.1, 0.15) is 5.69 Å². The van der Waals surface area contributed by atoms with Crippen molar-refractivity contribution in [1.82, 2.24) is 0 Å². The van der Waals surface area contributed by atoms with Gasteiger partial charge in [-0.1, -0.05) is 0 Å². The summed E-state index contributed by atoms with van der Waals surface area (Å²) in [4.78, 5) is 13.2. The first-order valence-electron chi connectivity index (χ1n) is 6.36. The van der Waals surface area contributed by atoms with E-state index in [0.29, 0.717) is 22.9 Å². The molecule has 2 aromatic carbocycles. The zero-order valence-corrected chi connectivity index (χ0v) is 13.5. The molecule has 24 heavy (non-hydrogen) atoms. The summed E-state index contributed by atoms with van der Waals surface area (Å²) in [6.07, 6.45) is 0. The molecule has 124 valence electrons. The predicted molar refractivity (Wildman–Crippen MR) is 81.6 cm³/mol. The molecule has 10 heteroatoms. The summed E-state index contributed by atoms with van der Waals surface area (Å²) in [5, 5.41) is 27.5. The molecule has 0 aliphatic carbocycles. The number of rotatable bonds is 5. The fraction of sp³-hybridized carbons (Fsp3) is 0.143. The normalized spacial score (nSPS) is 9.88. The Balaban J connectivity index is 0.00000288. The molecule has 0 bridgehead atoms. The van der Waals surface area contributed by atoms with Crippen LogP contribution in [0.2, 0.25) is 0 Å². The summed E-state index contributed by atoms with van der Waals surface area (Å²) in [6, 6.07) is 8.57. The van der Waals surface area contributed by atoms with Gasteiger partial charge in [-0.3, -0.25) is 10.1 Å². The van der Waals surface area contributed by atoms with E-state index in [0.717, 1.165) is 0 Å². The fourth-order valence-corrected chi connectivity index (χ4v) is 1.77. The number of nitro groups is 1. The maximum absolute atomic E-state index is 10.6. The first-order chi connectivity index (χ1) is 11.1. The van der Waals surface area contributed by atoms with E-state index in [1.54, 1.807) is 0 Å². The fourth-order valence-electron chi connectivity index (χ4n) is 1.77. The molecule has 0 atom stereocenters. The molecular formula is C14H12ClN5O4. The molecule has 0 radical (unpaired) electrons. The zero-order valence-electron chi connectivity index (χ0n) is 12.7. The summed E-state index contributed by atoms with van der Waals surface area (Å²) in [7, 11) is 2.86. The molecular weight excluding hydrogens is 338 g/mol. The van der Waals surface area contributed by atoms with Crippen molar-refractivity contribution in [2.75, 3.05) is 14.2 Å². The van der Waals surface area contributed by atoms with E-state index in [-0.39, 0.29) is 23.8 Å². The minimum Gasteiger partial charge on any atom is -1.00 e. The number of non-ortho nitro benzene ring substituents is 1. The maximum atomic E-state index is 10.6. The highest BCUT2D eigenvalue weighted by Crippen LogP contribution is 2.40. The topological polar surface area (TPSA) is 114 Å². The van der Waals surface area contributed by atoms with Crippen molar-refractivity contribution in [2.45, 2.75) is 0 Å². The summed E-state index contributed by atoms with van der Waals surface area (Å²) in [5.41, 5.74) is 0.957. The van der Waals surface area contributed by atoms with Crippen LogP contribution in [0.1, 0.15) is 0 Å². The van der Waals surface area contributed by atoms with Crippen LogP contribution in [-0.2, 0) is 0 Å². The van der Waals surface area contributed by atoms with Crippen LogP contribution in [0.4, 0.5) is 22.7 Å². The monoisotopic (exact) mass is 349 g/mol. The van der Waals surface area contributed by atoms with Gasteiger partial charge in [0.2, 0.25) is 11.1 Å². The number of hydrogen-bond acceptors (Lipinski definition) is 7. The van der Waals surface area contributed by atoms with Crippen molar-refractivity contribution < 1.29 is 26.8 Å². The lowest BCUT2D eigenvalue weighted by atomic mass is 10.2. The highest BCUT2D eigenvalue weighted by Gasteiger charge is 2.20. The average Bonchev–Trinajstić information content (AvgIpc) is 2.59. The summed E-state index contributed by atoms with van der Waals surface area (Å²) in [6.45, 7) is 0. The van der Waals surface area contributed by atoms with E-state index in [4.69, 9.17) is 14.9 Å². The lowest BCUT2D eigenvalue weighted by Gasteiger charge is -2.04. The van der Waals surface area contributed by atoms with Gasteiger partial charge in [-0.2, -0.15) is 5.11 Å². The van der Waals surface area contributed by atoms with Crippen molar-refractivity contribution in [1.29, 1.82) is 5.39 Å². The predicted octanol–water partition coefficient (Wildman–Crippen LogP) is 1.52. The van der Waals surface area contributed by atoms with Crippen molar-refractivity contribution in [2.24, 2.45) is 10.2 Å². The first-order valence-corrected chi connectivity index (χ1v) is 6.36. The van der Waals surface area contributed by atoms with Crippen LogP contribution in [-0.4, -0.2) is 19.1 Å². The van der Waals surface area contributed by atoms with Crippen LogP contribution in [0.3, 0.4) is 0 Å². The lowest BCUT2D eigenvalue weighted by Crippen LogP contribution is -3.00. The number of azo groups is 1. The molecule has 0 spiro atoms. The zero-order chi connectivity index (χ0) is 16.8. The Morgan fingerprint density at radius 2 is 1.71 bits per heavy atom. The van der Waals surface area contributed by atoms with Gasteiger partial charge in [0.15, 0.2) is 10.7 Å². The molecule has 0 saturated carbocycles. The third-order valence-electron chi connectivity index (χ3n) is 2.92. The van der Waals surface area contributed by atoms with Crippen molar-refractivity contribution in [3.8, 4) is 11.5 Å². The molecule has 0 aromatic heterocycles. The number of ether oxygens (including phenoxy) is 2. The molecule has 0 aliphatic heterocycles. The van der Waals surface area contributed by atoms with E-state index in [1.165, 1.54) is 50.6 Å². The summed E-state index contributed by atoms with van der Waals surface area (Å²) >= 11 is 0. The van der Waals surface area contributed by atoms with Gasteiger partial charge in [0.05, 0.1) is 30.9 Å². The Kier molecular flexibility index (Phi) is 6.58. The van der Waals surface area contributed by atoms with Gasteiger partial charge < -0.3 is 21.9 Å². The highest BCUT2D eigenvalue weighted by molar-refractivity contribution is 5.69. The molecule has 0 fully saturated rings. The van der Waals surface area contributed by atoms with Crippen LogP contribution in [0.25, 0.3) is 4.98 Å². The number of benzene rings is 2. The molecule has 2 aromatic rings. The average molecular weight is 350 g/mol. The number of diazo groups is 1. The third-order valence-corrected chi connectivity index (χ3v) is 2.92. The second-order valence-electron chi connectivity index (χ2n) is 4.27. The first kappa shape index (κ1) is 18.8. The molecule has 0 saturated heterocycles. The Morgan fingerprint density at radius 3 is 2.21 bits per heavy atom. The van der Waals surface area contributed by atoms with Crippen molar-refractivity contribution in [3.63, 3.8) is 0 Å². The SMILES string of the molecule is COc1cc([N+]#N)c(OC)cc1N=Nc1ccc([N+](=O)[O-])cc1.[Cl-]. The molecule has 2 rings (SSSR count). The number of nitrogens with zero attached hydrogens (tertiary/aromatic N) is 5. The third kappa shape index (κ3) is 4.15. The molecule has 0 unspecified atom stereocenters. The minimum atomic E-state index is -0.494. The highest BCUT2D eigenvalue weighted by atomic mass is 35.5. The standard InChI is InChI=1S/C14H12N5O4.ClH/c1-22-13-8-12(14(23-2)7-11(13)16-15)18-17-9-3-5-10(6-4-9)19(20)21;/h3-8H,1-2H3;1H/q+1;/p-1. The number of methoxy groups -OCH3 is 2. The van der Waals surface area contributed by atoms with E-state index >= 15 is 0 Å². The molecule has 0 amide bonds. The lowest BCUT2D eigenvalue weighted by molar-refractivity contribution is -0.384. The van der Waals surface area contributed by atoms with E-state index < -0.39 is 4.92 Å². The summed E-state index contributed by atoms with van der Waals surface area (Å²) in [5.74, 6) is 0.634. The second-order valence-corrected chi connectivity index (χ2v) is 4.27. The van der Waals surface area contributed by atoms with E-state index in [9.17, 15) is 10.1 Å². The Labute approximate surface area is 143 Å². The van der Waals surface area contributed by atoms with Gasteiger partial charge in [0.25, 0.3) is 5.69 Å². The largest absolute Gasteiger partial charge is 1.00 e. The van der Waals surface area contributed by atoms with Crippen LogP contribution >= 0.6 is 0 Å². The quantitative estimate of drug-likeness (QED) is 0.351. The van der Waals surface area contributed by atoms with Gasteiger partial charge in [-0.15, -0.1) is 5.11 Å². The number of nitro benzene ring substituents is 1. The van der Waals surface area contributed by atoms with Crippen molar-refractivity contribution in [3.05, 3.63) is 51.5 Å².